The van der Waals surface area contributed by atoms with Crippen LogP contribution in [0.3, 0.4) is 0 Å². The van der Waals surface area contributed by atoms with E-state index in [0.717, 1.165) is 53.5 Å². The van der Waals surface area contributed by atoms with Crippen molar-refractivity contribution < 1.29 is 9.53 Å². The summed E-state index contributed by atoms with van der Waals surface area (Å²) in [4.78, 5) is 30.9. The van der Waals surface area contributed by atoms with Crippen molar-refractivity contribution in [2.45, 2.75) is 65.1 Å². The van der Waals surface area contributed by atoms with Gasteiger partial charge in [-0.05, 0) is 79.1 Å². The Balaban J connectivity index is 1.61. The lowest BCUT2D eigenvalue weighted by molar-refractivity contribution is 0.184. The topological polar surface area (TPSA) is 74.4 Å². The highest BCUT2D eigenvalue weighted by Gasteiger charge is 2.21. The van der Waals surface area contributed by atoms with E-state index in [1.165, 1.54) is 12.0 Å². The molecule has 6 heteroatoms. The summed E-state index contributed by atoms with van der Waals surface area (Å²) in [5.74, 6) is 0.772. The van der Waals surface area contributed by atoms with Crippen LogP contribution in [0.1, 0.15) is 54.4 Å². The van der Waals surface area contributed by atoms with Gasteiger partial charge in [-0.15, -0.1) is 0 Å². The molecule has 2 N–H and O–H groups in total. The van der Waals surface area contributed by atoms with E-state index in [1.54, 1.807) is 12.0 Å². The first-order valence-electron chi connectivity index (χ1n) is 11.7. The van der Waals surface area contributed by atoms with Crippen LogP contribution in [0.15, 0.2) is 47.3 Å². The number of hydrogen-bond acceptors (Lipinski definition) is 3. The molecule has 2 amide bonds. The first-order valence-corrected chi connectivity index (χ1v) is 11.7. The van der Waals surface area contributed by atoms with E-state index in [4.69, 9.17) is 4.74 Å². The monoisotopic (exact) mass is 447 g/mol. The lowest BCUT2D eigenvalue weighted by atomic mass is 9.96. The van der Waals surface area contributed by atoms with Crippen molar-refractivity contribution in [3.8, 4) is 5.75 Å². The van der Waals surface area contributed by atoms with Crippen molar-refractivity contribution in [3.63, 3.8) is 0 Å². The number of hydrogen-bond donors (Lipinski definition) is 2. The average molecular weight is 448 g/mol. The Bertz CT molecular complexity index is 1180. The molecule has 0 saturated heterocycles. The maximum atomic E-state index is 13.3. The smallest absolute Gasteiger partial charge is 0.318 e. The molecule has 0 unspecified atom stereocenters. The van der Waals surface area contributed by atoms with Gasteiger partial charge in [0.25, 0.3) is 5.56 Å². The van der Waals surface area contributed by atoms with E-state index in [1.807, 2.05) is 43.3 Å². The number of ether oxygens (including phenoxy) is 1. The van der Waals surface area contributed by atoms with Crippen molar-refractivity contribution in [1.82, 2.24) is 15.2 Å². The molecule has 1 aromatic heterocycles. The first-order chi connectivity index (χ1) is 15.9. The molecule has 0 radical (unpaired) electrons. The largest absolute Gasteiger partial charge is 0.497 e. The van der Waals surface area contributed by atoms with Crippen molar-refractivity contribution in [2.24, 2.45) is 0 Å². The molecule has 174 valence electrons. The second-order valence-corrected chi connectivity index (χ2v) is 9.14. The van der Waals surface area contributed by atoms with E-state index in [-0.39, 0.29) is 24.2 Å². The zero-order valence-corrected chi connectivity index (χ0v) is 19.7. The predicted octanol–water partition coefficient (Wildman–Crippen LogP) is 5.20. The van der Waals surface area contributed by atoms with Crippen LogP contribution in [0.5, 0.6) is 5.75 Å². The highest BCUT2D eigenvalue weighted by Crippen LogP contribution is 2.21. The molecule has 0 atom stereocenters. The predicted molar refractivity (Wildman–Crippen MR) is 132 cm³/mol. The second-order valence-electron chi connectivity index (χ2n) is 9.14. The summed E-state index contributed by atoms with van der Waals surface area (Å²) in [6.45, 7) is 4.75. The van der Waals surface area contributed by atoms with E-state index < -0.39 is 0 Å². The Kier molecular flexibility index (Phi) is 7.02. The number of aromatic amines is 1. The molecule has 1 heterocycles. The maximum Gasteiger partial charge on any atom is 0.318 e. The molecule has 4 rings (SSSR count). The van der Waals surface area contributed by atoms with Crippen LogP contribution < -0.4 is 15.6 Å². The molecule has 0 aliphatic heterocycles. The standard InChI is InChI=1S/C27H33N3O3/c1-18-13-21-15-22(26(31)29-25(21)14-19(18)2)17-30(16-20-9-11-24(33-3)12-10-20)27(32)28-23-7-5-4-6-8-23/h9-15,23H,4-8,16-17H2,1-3H3,(H,28,32)(H,29,31). The summed E-state index contributed by atoms with van der Waals surface area (Å²) in [6, 6.07) is 13.8. The van der Waals surface area contributed by atoms with E-state index in [9.17, 15) is 9.59 Å². The van der Waals surface area contributed by atoms with Gasteiger partial charge in [0.15, 0.2) is 0 Å². The zero-order chi connectivity index (χ0) is 23.4. The van der Waals surface area contributed by atoms with Crippen molar-refractivity contribution in [3.05, 3.63) is 75.1 Å². The SMILES string of the molecule is COc1ccc(CN(Cc2cc3cc(C)c(C)cc3[nH]c2=O)C(=O)NC2CCCCC2)cc1. The fourth-order valence-corrected chi connectivity index (χ4v) is 4.51. The summed E-state index contributed by atoms with van der Waals surface area (Å²) in [6.07, 6.45) is 5.54. The molecule has 1 aliphatic carbocycles. The zero-order valence-electron chi connectivity index (χ0n) is 19.7. The molecule has 0 bridgehead atoms. The normalized spacial score (nSPS) is 14.3. The van der Waals surface area contributed by atoms with E-state index in [2.05, 4.69) is 23.3 Å². The van der Waals surface area contributed by atoms with Gasteiger partial charge in [0.2, 0.25) is 0 Å². The molecule has 1 fully saturated rings. The van der Waals surface area contributed by atoms with Crippen LogP contribution in [0.4, 0.5) is 4.79 Å². The Morgan fingerprint density at radius 1 is 1.03 bits per heavy atom. The molecule has 0 spiro atoms. The number of methoxy groups -OCH3 is 1. The minimum atomic E-state index is -0.157. The van der Waals surface area contributed by atoms with Gasteiger partial charge in [0.1, 0.15) is 5.75 Å². The van der Waals surface area contributed by atoms with Gasteiger partial charge in [-0.25, -0.2) is 4.79 Å². The molecular formula is C27H33N3O3. The number of nitrogens with zero attached hydrogens (tertiary/aromatic N) is 1. The molecule has 6 nitrogen and oxygen atoms in total. The number of carbonyl (C=O) groups is 1. The van der Waals surface area contributed by atoms with Crippen LogP contribution in [-0.4, -0.2) is 29.1 Å². The summed E-state index contributed by atoms with van der Waals surface area (Å²) in [5, 5.41) is 4.18. The number of benzene rings is 2. The molecule has 1 saturated carbocycles. The number of nitrogens with one attached hydrogen (secondary N) is 2. The fraction of sp³-hybridized carbons (Fsp3) is 0.407. The van der Waals surface area contributed by atoms with Crippen LogP contribution in [0.25, 0.3) is 10.9 Å². The number of H-pyrrole nitrogens is 1. The molecule has 1 aliphatic rings. The van der Waals surface area contributed by atoms with Gasteiger partial charge < -0.3 is 19.9 Å². The number of aromatic nitrogens is 1. The third kappa shape index (κ3) is 5.56. The van der Waals surface area contributed by atoms with Crippen LogP contribution in [0, 0.1) is 13.8 Å². The second kappa shape index (κ2) is 10.1. The number of aryl methyl sites for hydroxylation is 2. The number of urea groups is 1. The van der Waals surface area contributed by atoms with Gasteiger partial charge in [-0.3, -0.25) is 4.79 Å². The summed E-state index contributed by atoms with van der Waals surface area (Å²) in [5.41, 5.74) is 4.54. The fourth-order valence-electron chi connectivity index (χ4n) is 4.51. The molecular weight excluding hydrogens is 414 g/mol. The van der Waals surface area contributed by atoms with E-state index in [0.29, 0.717) is 12.1 Å². The highest BCUT2D eigenvalue weighted by atomic mass is 16.5. The highest BCUT2D eigenvalue weighted by molar-refractivity contribution is 5.81. The lowest BCUT2D eigenvalue weighted by Crippen LogP contribution is -2.45. The van der Waals surface area contributed by atoms with Gasteiger partial charge in [-0.1, -0.05) is 31.4 Å². The minimum Gasteiger partial charge on any atom is -0.497 e. The summed E-state index contributed by atoms with van der Waals surface area (Å²) < 4.78 is 5.25. The number of pyridine rings is 1. The van der Waals surface area contributed by atoms with Crippen LogP contribution in [0.2, 0.25) is 0 Å². The third-order valence-electron chi connectivity index (χ3n) is 6.65. The Morgan fingerprint density at radius 3 is 2.42 bits per heavy atom. The van der Waals surface area contributed by atoms with Crippen molar-refractivity contribution >= 4 is 16.9 Å². The lowest BCUT2D eigenvalue weighted by Gasteiger charge is -2.28. The van der Waals surface area contributed by atoms with Crippen LogP contribution >= 0.6 is 0 Å². The van der Waals surface area contributed by atoms with Gasteiger partial charge >= 0.3 is 6.03 Å². The first kappa shape index (κ1) is 22.9. The van der Waals surface area contributed by atoms with Crippen molar-refractivity contribution in [2.75, 3.05) is 7.11 Å². The maximum absolute atomic E-state index is 13.3. The number of amides is 2. The molecule has 2 aromatic carbocycles. The Morgan fingerprint density at radius 2 is 1.73 bits per heavy atom. The summed E-state index contributed by atoms with van der Waals surface area (Å²) >= 11 is 0. The summed E-state index contributed by atoms with van der Waals surface area (Å²) in [7, 11) is 1.63. The minimum absolute atomic E-state index is 0.127. The number of carbonyl (C=O) groups excluding carboxylic acids is 1. The van der Waals surface area contributed by atoms with Gasteiger partial charge in [0.05, 0.1) is 13.7 Å². The van der Waals surface area contributed by atoms with Gasteiger partial charge in [-0.2, -0.15) is 0 Å². The van der Waals surface area contributed by atoms with E-state index >= 15 is 0 Å². The number of fused-ring (bicyclic) bond motifs is 1. The third-order valence-corrected chi connectivity index (χ3v) is 6.65. The molecule has 3 aromatic rings. The Labute approximate surface area is 195 Å². The van der Waals surface area contributed by atoms with Gasteiger partial charge in [0, 0.05) is 23.7 Å². The Hall–Kier alpha value is -3.28. The number of rotatable bonds is 6. The van der Waals surface area contributed by atoms with Crippen molar-refractivity contribution in [1.29, 1.82) is 0 Å². The quantitative estimate of drug-likeness (QED) is 0.546. The van der Waals surface area contributed by atoms with Crippen LogP contribution in [-0.2, 0) is 13.1 Å². The molecule has 33 heavy (non-hydrogen) atoms. The average Bonchev–Trinajstić information content (AvgIpc) is 2.81.